The van der Waals surface area contributed by atoms with Crippen LogP contribution < -0.4 is 15.2 Å². The highest BCUT2D eigenvalue weighted by molar-refractivity contribution is 5.85. The fourth-order valence-electron chi connectivity index (χ4n) is 5.19. The number of anilines is 6. The standard InChI is InChI=1S/C40H36N4/c1-30-14-23-37(24-15-30)44(36-12-8-5-9-13-36)38-25-19-33(20-26-38)39-28-31(2)16-27-40(39)42-34-21-17-32(18-22-34)29-41-43(3)35-10-6-4-7-11-35/h4-29,42H,1-3H3. The number of nitrogens with zero attached hydrogens (tertiary/aromatic N) is 3. The third-order valence-corrected chi connectivity index (χ3v) is 7.62. The molecule has 0 bridgehead atoms. The molecule has 0 heterocycles. The molecule has 216 valence electrons. The van der Waals surface area contributed by atoms with Gasteiger partial charge < -0.3 is 10.2 Å². The molecule has 6 rings (SSSR count). The van der Waals surface area contributed by atoms with Crippen LogP contribution in [0.3, 0.4) is 0 Å². The van der Waals surface area contributed by atoms with Crippen molar-refractivity contribution in [1.29, 1.82) is 0 Å². The Bertz CT molecular complexity index is 1830. The Hall–Kier alpha value is -5.61. The smallest absolute Gasteiger partial charge is 0.0590 e. The Morgan fingerprint density at radius 2 is 1.09 bits per heavy atom. The molecule has 0 aromatic heterocycles. The first-order valence-electron chi connectivity index (χ1n) is 14.9. The molecular weight excluding hydrogens is 536 g/mol. The summed E-state index contributed by atoms with van der Waals surface area (Å²) in [5.41, 5.74) is 12.3. The Morgan fingerprint density at radius 3 is 1.73 bits per heavy atom. The molecule has 0 fully saturated rings. The van der Waals surface area contributed by atoms with Crippen LogP contribution in [0.25, 0.3) is 11.1 Å². The Morgan fingerprint density at radius 1 is 0.545 bits per heavy atom. The van der Waals surface area contributed by atoms with E-state index >= 15 is 0 Å². The minimum atomic E-state index is 1.02. The lowest BCUT2D eigenvalue weighted by molar-refractivity contribution is 1.02. The van der Waals surface area contributed by atoms with Crippen molar-refractivity contribution in [3.05, 3.63) is 168 Å². The van der Waals surface area contributed by atoms with E-state index in [0.717, 1.165) is 50.8 Å². The molecule has 0 saturated carbocycles. The monoisotopic (exact) mass is 572 g/mol. The van der Waals surface area contributed by atoms with Crippen LogP contribution in [0.5, 0.6) is 0 Å². The van der Waals surface area contributed by atoms with Gasteiger partial charge in [0.25, 0.3) is 0 Å². The van der Waals surface area contributed by atoms with Gasteiger partial charge in [0.15, 0.2) is 0 Å². The van der Waals surface area contributed by atoms with Gasteiger partial charge >= 0.3 is 0 Å². The molecular formula is C40H36N4. The minimum Gasteiger partial charge on any atom is -0.355 e. The molecule has 0 aliphatic rings. The summed E-state index contributed by atoms with van der Waals surface area (Å²) in [6, 6.07) is 53.0. The van der Waals surface area contributed by atoms with Gasteiger partial charge in [0, 0.05) is 41.0 Å². The van der Waals surface area contributed by atoms with E-state index in [9.17, 15) is 0 Å². The summed E-state index contributed by atoms with van der Waals surface area (Å²) >= 11 is 0. The summed E-state index contributed by atoms with van der Waals surface area (Å²) in [5, 5.41) is 10.1. The van der Waals surface area contributed by atoms with Crippen LogP contribution in [0.1, 0.15) is 16.7 Å². The van der Waals surface area contributed by atoms with Gasteiger partial charge in [-0.05, 0) is 97.8 Å². The van der Waals surface area contributed by atoms with E-state index in [1.165, 1.54) is 11.1 Å². The summed E-state index contributed by atoms with van der Waals surface area (Å²) in [5.74, 6) is 0. The van der Waals surface area contributed by atoms with Crippen molar-refractivity contribution in [2.45, 2.75) is 13.8 Å². The van der Waals surface area contributed by atoms with Crippen LogP contribution in [-0.4, -0.2) is 13.3 Å². The zero-order chi connectivity index (χ0) is 30.3. The second kappa shape index (κ2) is 13.1. The van der Waals surface area contributed by atoms with Crippen molar-refractivity contribution < 1.29 is 0 Å². The first kappa shape index (κ1) is 28.5. The fourth-order valence-corrected chi connectivity index (χ4v) is 5.19. The average Bonchev–Trinajstić information content (AvgIpc) is 3.07. The van der Waals surface area contributed by atoms with E-state index in [-0.39, 0.29) is 0 Å². The van der Waals surface area contributed by atoms with Crippen molar-refractivity contribution in [2.24, 2.45) is 5.10 Å². The van der Waals surface area contributed by atoms with E-state index in [1.807, 2.05) is 48.6 Å². The van der Waals surface area contributed by atoms with Crippen LogP contribution in [0.15, 0.2) is 157 Å². The molecule has 44 heavy (non-hydrogen) atoms. The van der Waals surface area contributed by atoms with Crippen LogP contribution in [0, 0.1) is 13.8 Å². The maximum Gasteiger partial charge on any atom is 0.0590 e. The van der Waals surface area contributed by atoms with Gasteiger partial charge in [-0.15, -0.1) is 0 Å². The Balaban J connectivity index is 1.23. The van der Waals surface area contributed by atoms with E-state index in [4.69, 9.17) is 0 Å². The molecule has 0 radical (unpaired) electrons. The molecule has 6 aromatic rings. The Labute approximate surface area is 260 Å². The summed E-state index contributed by atoms with van der Waals surface area (Å²) in [4.78, 5) is 2.29. The van der Waals surface area contributed by atoms with E-state index in [1.54, 1.807) is 0 Å². The fraction of sp³-hybridized carbons (Fsp3) is 0.0750. The van der Waals surface area contributed by atoms with Gasteiger partial charge in [-0.1, -0.05) is 90.0 Å². The van der Waals surface area contributed by atoms with Crippen molar-refractivity contribution in [1.82, 2.24) is 0 Å². The number of nitrogens with one attached hydrogen (secondary N) is 1. The Kier molecular flexibility index (Phi) is 8.51. The lowest BCUT2D eigenvalue weighted by Gasteiger charge is -2.26. The molecule has 0 aliphatic carbocycles. The van der Waals surface area contributed by atoms with Crippen molar-refractivity contribution in [3.63, 3.8) is 0 Å². The van der Waals surface area contributed by atoms with Gasteiger partial charge in [-0.25, -0.2) is 0 Å². The summed E-state index contributed by atoms with van der Waals surface area (Å²) in [7, 11) is 1.95. The highest BCUT2D eigenvalue weighted by Crippen LogP contribution is 2.37. The molecule has 0 saturated heterocycles. The topological polar surface area (TPSA) is 30.9 Å². The highest BCUT2D eigenvalue weighted by Gasteiger charge is 2.13. The predicted octanol–water partition coefficient (Wildman–Crippen LogP) is 10.7. The van der Waals surface area contributed by atoms with Crippen molar-refractivity contribution in [3.8, 4) is 11.1 Å². The van der Waals surface area contributed by atoms with E-state index in [0.29, 0.717) is 0 Å². The number of hydrazone groups is 1. The van der Waals surface area contributed by atoms with Gasteiger partial charge in [0.1, 0.15) is 0 Å². The van der Waals surface area contributed by atoms with E-state index < -0.39 is 0 Å². The number of hydrogen-bond donors (Lipinski definition) is 1. The zero-order valence-electron chi connectivity index (χ0n) is 25.4. The van der Waals surface area contributed by atoms with Crippen LogP contribution in [0.4, 0.5) is 34.1 Å². The lowest BCUT2D eigenvalue weighted by atomic mass is 10.00. The molecule has 0 unspecified atom stereocenters. The van der Waals surface area contributed by atoms with Crippen molar-refractivity contribution >= 4 is 40.3 Å². The summed E-state index contributed by atoms with van der Waals surface area (Å²) in [6.45, 7) is 4.25. The number of benzene rings is 6. The van der Waals surface area contributed by atoms with Gasteiger partial charge in [0.05, 0.1) is 11.9 Å². The van der Waals surface area contributed by atoms with Gasteiger partial charge in [-0.3, -0.25) is 5.01 Å². The summed E-state index contributed by atoms with van der Waals surface area (Å²) < 4.78 is 0. The lowest BCUT2D eigenvalue weighted by Crippen LogP contribution is -2.09. The molecule has 4 nitrogen and oxygen atoms in total. The number of para-hydroxylation sites is 2. The summed E-state index contributed by atoms with van der Waals surface area (Å²) in [6.07, 6.45) is 1.88. The predicted molar refractivity (Wildman–Crippen MR) is 188 cm³/mol. The largest absolute Gasteiger partial charge is 0.355 e. The van der Waals surface area contributed by atoms with Crippen molar-refractivity contribution in [2.75, 3.05) is 22.3 Å². The number of aryl methyl sites for hydroxylation is 2. The molecule has 1 N–H and O–H groups in total. The van der Waals surface area contributed by atoms with Crippen LogP contribution >= 0.6 is 0 Å². The second-order valence-electron chi connectivity index (χ2n) is 11.0. The highest BCUT2D eigenvalue weighted by atomic mass is 15.4. The quantitative estimate of drug-likeness (QED) is 0.138. The third kappa shape index (κ3) is 6.71. The maximum atomic E-state index is 4.59. The van der Waals surface area contributed by atoms with Crippen LogP contribution in [-0.2, 0) is 0 Å². The first-order chi connectivity index (χ1) is 21.5. The SMILES string of the molecule is Cc1ccc(N(c2ccccc2)c2ccc(-c3cc(C)ccc3Nc3ccc(C=NN(C)c4ccccc4)cc3)cc2)cc1. The first-order valence-corrected chi connectivity index (χ1v) is 14.9. The van der Waals surface area contributed by atoms with Crippen LogP contribution in [0.2, 0.25) is 0 Å². The third-order valence-electron chi connectivity index (χ3n) is 7.62. The zero-order valence-corrected chi connectivity index (χ0v) is 25.4. The molecule has 0 amide bonds. The minimum absolute atomic E-state index is 1.02. The van der Waals surface area contributed by atoms with Gasteiger partial charge in [0.2, 0.25) is 0 Å². The molecule has 4 heteroatoms. The number of rotatable bonds is 9. The van der Waals surface area contributed by atoms with E-state index in [2.05, 4.69) is 150 Å². The molecule has 6 aromatic carbocycles. The number of hydrogen-bond acceptors (Lipinski definition) is 4. The molecule has 0 atom stereocenters. The normalized spacial score (nSPS) is 11.0. The second-order valence-corrected chi connectivity index (χ2v) is 11.0. The molecule has 0 aliphatic heterocycles. The average molecular weight is 573 g/mol. The maximum absolute atomic E-state index is 4.59. The van der Waals surface area contributed by atoms with Gasteiger partial charge in [-0.2, -0.15) is 5.10 Å². The molecule has 0 spiro atoms.